The highest BCUT2D eigenvalue weighted by molar-refractivity contribution is 5.93. The summed E-state index contributed by atoms with van der Waals surface area (Å²) in [6, 6.07) is 0. The molecule has 0 bridgehead atoms. The summed E-state index contributed by atoms with van der Waals surface area (Å²) < 4.78 is 0. The van der Waals surface area contributed by atoms with Crippen LogP contribution in [0.4, 0.5) is 0 Å². The SMILES string of the molecule is NNC(=O)[C@H]1C[C@@H]1C(=O)NN.NNC(=O)[C@H]1C[C@@H]1C(=O)NN.NNC(=O)[C@H]1C[C@@H]1C(=O)NN.O.O. The average Bonchev–Trinajstić information content (AvgIpc) is 3.71. The zero-order valence-electron chi connectivity index (χ0n) is 18.5. The molecule has 0 unspecified atom stereocenters. The molecule has 0 spiro atoms. The molecular weight excluding hydrogens is 476 g/mol. The Bertz CT molecular complexity index is 623. The van der Waals surface area contributed by atoms with E-state index < -0.39 is 0 Å². The molecule has 0 aliphatic heterocycles. The summed E-state index contributed by atoms with van der Waals surface area (Å²) in [7, 11) is 0. The second-order valence-electron chi connectivity index (χ2n) is 7.40. The zero-order chi connectivity index (χ0) is 25.3. The van der Waals surface area contributed by atoms with E-state index in [9.17, 15) is 28.8 Å². The first-order valence-corrected chi connectivity index (χ1v) is 9.64. The predicted octanol–water partition coefficient (Wildman–Crippen LogP) is -8.84. The van der Waals surface area contributed by atoms with Gasteiger partial charge in [-0.05, 0) is 19.3 Å². The summed E-state index contributed by atoms with van der Waals surface area (Å²) >= 11 is 0. The maximum absolute atomic E-state index is 10.7. The van der Waals surface area contributed by atoms with Crippen molar-refractivity contribution in [3.05, 3.63) is 0 Å². The van der Waals surface area contributed by atoms with Gasteiger partial charge in [-0.2, -0.15) is 0 Å². The second kappa shape index (κ2) is 15.4. The largest absolute Gasteiger partial charge is 0.412 e. The number of rotatable bonds is 6. The molecule has 20 heteroatoms. The highest BCUT2D eigenvalue weighted by Gasteiger charge is 2.48. The number of amides is 6. The van der Waals surface area contributed by atoms with E-state index in [1.165, 1.54) is 0 Å². The molecule has 0 aromatic rings. The van der Waals surface area contributed by atoms with Crippen molar-refractivity contribution in [2.24, 2.45) is 70.6 Å². The van der Waals surface area contributed by atoms with Gasteiger partial charge in [0.15, 0.2) is 0 Å². The lowest BCUT2D eigenvalue weighted by atomic mass is 10.3. The van der Waals surface area contributed by atoms with Gasteiger partial charge in [-0.15, -0.1) is 0 Å². The van der Waals surface area contributed by atoms with Crippen molar-refractivity contribution in [2.75, 3.05) is 0 Å². The molecule has 22 N–H and O–H groups in total. The quantitative estimate of drug-likeness (QED) is 0.0899. The Labute approximate surface area is 198 Å². The van der Waals surface area contributed by atoms with Crippen molar-refractivity contribution in [1.29, 1.82) is 0 Å². The van der Waals surface area contributed by atoms with Gasteiger partial charge in [-0.3, -0.25) is 61.3 Å². The van der Waals surface area contributed by atoms with E-state index >= 15 is 0 Å². The Kier molecular flexibility index (Phi) is 14.8. The fourth-order valence-electron chi connectivity index (χ4n) is 2.97. The number of carbonyl (C=O) groups excluding carboxylic acids is 6. The van der Waals surface area contributed by atoms with Gasteiger partial charge in [0, 0.05) is 0 Å². The van der Waals surface area contributed by atoms with Crippen LogP contribution in [-0.4, -0.2) is 46.4 Å². The van der Waals surface area contributed by atoms with Gasteiger partial charge in [0.2, 0.25) is 35.4 Å². The number of hydrazine groups is 6. The van der Waals surface area contributed by atoms with Gasteiger partial charge in [-0.1, -0.05) is 0 Å². The molecule has 3 rings (SSSR count). The molecule has 0 radical (unpaired) electrons. The first kappa shape index (κ1) is 33.7. The number of nitrogens with one attached hydrogen (secondary N) is 6. The van der Waals surface area contributed by atoms with Crippen LogP contribution >= 0.6 is 0 Å². The van der Waals surface area contributed by atoms with Crippen LogP contribution < -0.4 is 67.6 Å². The highest BCUT2D eigenvalue weighted by Crippen LogP contribution is 2.39. The van der Waals surface area contributed by atoms with Crippen LogP contribution in [0.15, 0.2) is 0 Å². The van der Waals surface area contributed by atoms with E-state index in [0.29, 0.717) is 19.3 Å². The van der Waals surface area contributed by atoms with Gasteiger partial charge in [0.05, 0.1) is 35.5 Å². The van der Waals surface area contributed by atoms with Crippen LogP contribution in [0.25, 0.3) is 0 Å². The fraction of sp³-hybridized carbons (Fsp3) is 0.600. The molecule has 20 nitrogen and oxygen atoms in total. The molecule has 6 amide bonds. The van der Waals surface area contributed by atoms with Crippen molar-refractivity contribution in [2.45, 2.75) is 19.3 Å². The Morgan fingerprint density at radius 1 is 0.371 bits per heavy atom. The lowest BCUT2D eigenvalue weighted by molar-refractivity contribution is -0.127. The van der Waals surface area contributed by atoms with Crippen LogP contribution in [0, 0.1) is 35.5 Å². The van der Waals surface area contributed by atoms with Crippen molar-refractivity contribution < 1.29 is 39.7 Å². The minimum absolute atomic E-state index is 0. The van der Waals surface area contributed by atoms with E-state index in [1.54, 1.807) is 0 Å². The third kappa shape index (κ3) is 9.71. The van der Waals surface area contributed by atoms with Crippen molar-refractivity contribution in [3.8, 4) is 0 Å². The Morgan fingerprint density at radius 2 is 0.486 bits per heavy atom. The third-order valence-electron chi connectivity index (χ3n) is 5.25. The summed E-state index contributed by atoms with van der Waals surface area (Å²) in [6.07, 6.45) is 1.60. The molecule has 0 aromatic carbocycles. The van der Waals surface area contributed by atoms with E-state index in [2.05, 4.69) is 0 Å². The van der Waals surface area contributed by atoms with Crippen LogP contribution in [-0.2, 0) is 28.8 Å². The van der Waals surface area contributed by atoms with Gasteiger partial charge in [0.25, 0.3) is 0 Å². The number of hydrogen-bond donors (Lipinski definition) is 12. The molecule has 3 aliphatic carbocycles. The molecule has 0 saturated heterocycles. The van der Waals surface area contributed by atoms with E-state index in [1.807, 2.05) is 32.6 Å². The van der Waals surface area contributed by atoms with Crippen LogP contribution in [0.1, 0.15) is 19.3 Å². The molecular formula is C15H34N12O8. The number of hydrogen-bond acceptors (Lipinski definition) is 12. The smallest absolute Gasteiger partial charge is 0.237 e. The molecule has 0 aromatic heterocycles. The van der Waals surface area contributed by atoms with Crippen LogP contribution in [0.2, 0.25) is 0 Å². The molecule has 3 fully saturated rings. The molecule has 3 aliphatic rings. The maximum Gasteiger partial charge on any atom is 0.237 e. The van der Waals surface area contributed by atoms with Crippen molar-refractivity contribution in [3.63, 3.8) is 0 Å². The normalized spacial score (nSPS) is 25.9. The first-order chi connectivity index (χ1) is 15.6. The first-order valence-electron chi connectivity index (χ1n) is 9.64. The van der Waals surface area contributed by atoms with Crippen LogP contribution in [0.5, 0.6) is 0 Å². The van der Waals surface area contributed by atoms with Gasteiger partial charge < -0.3 is 11.0 Å². The Balaban J connectivity index is 0. The second-order valence-corrected chi connectivity index (χ2v) is 7.40. The van der Waals surface area contributed by atoms with E-state index in [4.69, 9.17) is 35.1 Å². The molecule has 3 saturated carbocycles. The third-order valence-corrected chi connectivity index (χ3v) is 5.25. The Hall–Kier alpha value is -3.50. The zero-order valence-corrected chi connectivity index (χ0v) is 18.5. The number of nitrogens with two attached hydrogens (primary N) is 6. The van der Waals surface area contributed by atoms with Gasteiger partial charge >= 0.3 is 0 Å². The van der Waals surface area contributed by atoms with Crippen LogP contribution in [0.3, 0.4) is 0 Å². The minimum Gasteiger partial charge on any atom is -0.412 e. The van der Waals surface area contributed by atoms with Crippen molar-refractivity contribution >= 4 is 35.4 Å². The average molecular weight is 511 g/mol. The van der Waals surface area contributed by atoms with Crippen molar-refractivity contribution in [1.82, 2.24) is 32.6 Å². The minimum atomic E-state index is -0.307. The highest BCUT2D eigenvalue weighted by atomic mass is 16.2. The monoisotopic (exact) mass is 510 g/mol. The summed E-state index contributed by atoms with van der Waals surface area (Å²) in [4.78, 5) is 64.5. The summed E-state index contributed by atoms with van der Waals surface area (Å²) in [5.74, 6) is 25.6. The summed E-state index contributed by atoms with van der Waals surface area (Å²) in [5.41, 5.74) is 11.9. The van der Waals surface area contributed by atoms with Gasteiger partial charge in [-0.25, -0.2) is 35.1 Å². The Morgan fingerprint density at radius 3 is 0.571 bits per heavy atom. The molecule has 202 valence electrons. The lowest BCUT2D eigenvalue weighted by Gasteiger charge is -1.96. The molecule has 35 heavy (non-hydrogen) atoms. The van der Waals surface area contributed by atoms with E-state index in [-0.39, 0.29) is 81.9 Å². The number of carbonyl (C=O) groups is 6. The van der Waals surface area contributed by atoms with E-state index in [0.717, 1.165) is 0 Å². The summed E-state index contributed by atoms with van der Waals surface area (Å²) in [6.45, 7) is 0. The topological polar surface area (TPSA) is 394 Å². The molecule has 6 atom stereocenters. The maximum atomic E-state index is 10.7. The summed E-state index contributed by atoms with van der Waals surface area (Å²) in [5, 5.41) is 0. The fourth-order valence-corrected chi connectivity index (χ4v) is 2.97. The molecule has 0 heterocycles. The standard InChI is InChI=1S/3C5H10N4O2.2H2O/c3*6-8-4(10)2-1-3(2)5(11)9-7;;/h3*2-3H,1,6-7H2,(H,8,10)(H,9,11);2*1H2/t3*2-,3-;;/m000../s1. The lowest BCUT2D eigenvalue weighted by Crippen LogP contribution is -2.36. The predicted molar refractivity (Wildman–Crippen MR) is 116 cm³/mol. The van der Waals surface area contributed by atoms with Gasteiger partial charge in [0.1, 0.15) is 0 Å².